The lowest BCUT2D eigenvalue weighted by Crippen LogP contribution is -2.44. The van der Waals surface area contributed by atoms with Crippen molar-refractivity contribution in [2.45, 2.75) is 71.8 Å². The molecular weight excluding hydrogens is 288 g/mol. The summed E-state index contributed by atoms with van der Waals surface area (Å²) in [5, 5.41) is 0. The Balaban J connectivity index is 1.62. The van der Waals surface area contributed by atoms with Gasteiger partial charge in [-0.1, -0.05) is 25.5 Å². The Hall–Kier alpha value is -1.12. The number of fused-ring (bicyclic) bond motifs is 5. The van der Waals surface area contributed by atoms with E-state index in [1.807, 2.05) is 0 Å². The van der Waals surface area contributed by atoms with E-state index in [-0.39, 0.29) is 22.9 Å². The summed E-state index contributed by atoms with van der Waals surface area (Å²) in [7, 11) is 0. The van der Waals surface area contributed by atoms with E-state index in [4.69, 9.17) is 4.74 Å². The Morgan fingerprint density at radius 1 is 1.13 bits per heavy atom. The molecule has 0 saturated heterocycles. The molecule has 3 saturated carbocycles. The molecule has 3 heteroatoms. The van der Waals surface area contributed by atoms with Crippen LogP contribution in [-0.2, 0) is 14.3 Å². The van der Waals surface area contributed by atoms with Crippen molar-refractivity contribution in [2.24, 2.45) is 28.6 Å². The van der Waals surface area contributed by atoms with Gasteiger partial charge in [0.2, 0.25) is 0 Å². The summed E-state index contributed by atoms with van der Waals surface area (Å²) < 4.78 is 5.49. The molecule has 4 aliphatic rings. The van der Waals surface area contributed by atoms with Crippen LogP contribution in [0.5, 0.6) is 0 Å². The number of hydrogen-bond donors (Lipinski definition) is 0. The highest BCUT2D eigenvalue weighted by Crippen LogP contribution is 2.65. The second-order valence-electron chi connectivity index (χ2n) is 8.79. The van der Waals surface area contributed by atoms with Crippen LogP contribution in [0.15, 0.2) is 11.6 Å². The van der Waals surface area contributed by atoms with Gasteiger partial charge < -0.3 is 4.74 Å². The molecule has 0 N–H and O–H groups in total. The third kappa shape index (κ3) is 2.08. The zero-order valence-electron chi connectivity index (χ0n) is 14.6. The van der Waals surface area contributed by atoms with E-state index in [0.29, 0.717) is 23.5 Å². The fourth-order valence-corrected chi connectivity index (χ4v) is 6.39. The normalized spacial score (nSPS) is 48.3. The largest absolute Gasteiger partial charge is 0.462 e. The van der Waals surface area contributed by atoms with Gasteiger partial charge in [-0.25, -0.2) is 0 Å². The molecule has 4 aliphatic carbocycles. The average molecular weight is 316 g/mol. The predicted molar refractivity (Wildman–Crippen MR) is 87.6 cm³/mol. The maximum absolute atomic E-state index is 12.4. The molecule has 0 heterocycles. The first-order valence-electron chi connectivity index (χ1n) is 9.26. The van der Waals surface area contributed by atoms with E-state index in [0.717, 1.165) is 38.5 Å². The maximum Gasteiger partial charge on any atom is 0.302 e. The molecule has 4 rings (SSSR count). The van der Waals surface area contributed by atoms with Crippen molar-refractivity contribution < 1.29 is 14.3 Å². The van der Waals surface area contributed by atoms with E-state index >= 15 is 0 Å². The highest BCUT2D eigenvalue weighted by Gasteiger charge is 2.59. The third-order valence-corrected chi connectivity index (χ3v) is 7.75. The molecule has 0 spiro atoms. The minimum atomic E-state index is -0.163. The van der Waals surface area contributed by atoms with Crippen molar-refractivity contribution in [1.82, 2.24) is 0 Å². The first-order chi connectivity index (χ1) is 10.8. The molecule has 0 aromatic rings. The molecular formula is C20H28O3. The van der Waals surface area contributed by atoms with Crippen molar-refractivity contribution in [3.8, 4) is 0 Å². The molecule has 126 valence electrons. The van der Waals surface area contributed by atoms with Crippen LogP contribution in [0.2, 0.25) is 0 Å². The lowest BCUT2D eigenvalue weighted by molar-refractivity contribution is -0.148. The number of Topliss-reactive ketones (excluding diaryl/α,β-unsaturated/α-hetero) is 1. The topological polar surface area (TPSA) is 43.4 Å². The molecule has 3 unspecified atom stereocenters. The van der Waals surface area contributed by atoms with Gasteiger partial charge in [-0.15, -0.1) is 0 Å². The Morgan fingerprint density at radius 2 is 1.83 bits per heavy atom. The quantitative estimate of drug-likeness (QED) is 0.541. The van der Waals surface area contributed by atoms with Crippen LogP contribution in [0.1, 0.15) is 65.7 Å². The molecule has 0 aliphatic heterocycles. The van der Waals surface area contributed by atoms with Crippen molar-refractivity contribution in [2.75, 3.05) is 0 Å². The van der Waals surface area contributed by atoms with Gasteiger partial charge in [0.15, 0.2) is 0 Å². The minimum absolute atomic E-state index is 0.0589. The molecule has 0 aromatic carbocycles. The average Bonchev–Trinajstić information content (AvgIpc) is 2.94. The van der Waals surface area contributed by atoms with Gasteiger partial charge in [0.1, 0.15) is 11.9 Å². The molecule has 0 aromatic heterocycles. The summed E-state index contributed by atoms with van der Waals surface area (Å²) in [4.78, 5) is 23.7. The highest BCUT2D eigenvalue weighted by atomic mass is 16.5. The monoisotopic (exact) mass is 316 g/mol. The summed E-state index contributed by atoms with van der Waals surface area (Å²) in [6.07, 6.45) is 9.67. The van der Waals surface area contributed by atoms with E-state index in [9.17, 15) is 9.59 Å². The van der Waals surface area contributed by atoms with Crippen LogP contribution >= 0.6 is 0 Å². The number of rotatable bonds is 1. The minimum Gasteiger partial charge on any atom is -0.462 e. The van der Waals surface area contributed by atoms with Crippen molar-refractivity contribution in [1.29, 1.82) is 0 Å². The van der Waals surface area contributed by atoms with E-state index < -0.39 is 0 Å². The number of ether oxygens (including phenoxy) is 1. The molecule has 23 heavy (non-hydrogen) atoms. The second-order valence-corrected chi connectivity index (χ2v) is 8.79. The zero-order valence-corrected chi connectivity index (χ0v) is 14.6. The highest BCUT2D eigenvalue weighted by molar-refractivity contribution is 5.87. The van der Waals surface area contributed by atoms with E-state index in [1.165, 1.54) is 18.9 Å². The smallest absolute Gasteiger partial charge is 0.302 e. The van der Waals surface area contributed by atoms with Crippen LogP contribution in [-0.4, -0.2) is 17.9 Å². The van der Waals surface area contributed by atoms with Crippen LogP contribution in [0.4, 0.5) is 0 Å². The predicted octanol–water partition coefficient (Wildman–Crippen LogP) is 4.06. The maximum atomic E-state index is 12.4. The lowest BCUT2D eigenvalue weighted by Gasteiger charge is -2.49. The summed E-state index contributed by atoms with van der Waals surface area (Å²) in [5.41, 5.74) is 1.71. The number of carbonyl (C=O) groups excluding carboxylic acids is 2. The molecule has 3 fully saturated rings. The lowest BCUT2D eigenvalue weighted by atomic mass is 9.55. The van der Waals surface area contributed by atoms with Gasteiger partial charge in [-0.05, 0) is 55.3 Å². The van der Waals surface area contributed by atoms with Crippen LogP contribution < -0.4 is 0 Å². The number of hydrogen-bond acceptors (Lipinski definition) is 3. The Morgan fingerprint density at radius 3 is 2.57 bits per heavy atom. The van der Waals surface area contributed by atoms with E-state index in [1.54, 1.807) is 0 Å². The second kappa shape index (κ2) is 4.94. The van der Waals surface area contributed by atoms with Gasteiger partial charge in [0.05, 0.1) is 0 Å². The summed E-state index contributed by atoms with van der Waals surface area (Å²) in [6.45, 7) is 6.15. The van der Waals surface area contributed by atoms with Crippen LogP contribution in [0.25, 0.3) is 0 Å². The Labute approximate surface area is 138 Å². The Kier molecular flexibility index (Phi) is 3.31. The molecule has 0 bridgehead atoms. The molecule has 0 amide bonds. The third-order valence-electron chi connectivity index (χ3n) is 7.75. The van der Waals surface area contributed by atoms with Gasteiger partial charge in [0, 0.05) is 25.2 Å². The summed E-state index contributed by atoms with van der Waals surface area (Å²) in [5.74, 6) is 2.13. The van der Waals surface area contributed by atoms with Gasteiger partial charge in [0.25, 0.3) is 0 Å². The van der Waals surface area contributed by atoms with E-state index in [2.05, 4.69) is 19.9 Å². The molecule has 6 atom stereocenters. The van der Waals surface area contributed by atoms with Crippen LogP contribution in [0.3, 0.4) is 0 Å². The fourth-order valence-electron chi connectivity index (χ4n) is 6.39. The first-order valence-corrected chi connectivity index (χ1v) is 9.26. The van der Waals surface area contributed by atoms with Gasteiger partial charge in [-0.3, -0.25) is 9.59 Å². The van der Waals surface area contributed by atoms with Gasteiger partial charge in [-0.2, -0.15) is 0 Å². The first kappa shape index (κ1) is 15.4. The zero-order chi connectivity index (χ0) is 16.4. The fraction of sp³-hybridized carbons (Fsp3) is 0.800. The Bertz CT molecular complexity index is 592. The standard InChI is InChI=1S/C20H28O3/c1-12(21)23-14-6-8-19(2)13(10-14)11-15-16-4-5-18(22)20(16,3)9-7-17(15)19/h11,14-17H,4-10H2,1-3H3/t14-,15?,16?,17?,19-,20-/m0/s1. The van der Waals surface area contributed by atoms with Crippen LogP contribution in [0, 0.1) is 28.6 Å². The van der Waals surface area contributed by atoms with Crippen molar-refractivity contribution in [3.05, 3.63) is 11.6 Å². The summed E-state index contributed by atoms with van der Waals surface area (Å²) in [6, 6.07) is 0. The molecule has 3 nitrogen and oxygen atoms in total. The number of esters is 1. The molecule has 0 radical (unpaired) electrons. The van der Waals surface area contributed by atoms with Crippen molar-refractivity contribution >= 4 is 11.8 Å². The number of ketones is 1. The SMILES string of the molecule is CC(=O)O[C@H]1CC[C@@]2(C)C(=CC3C2CC[C@]2(C)C(=O)CCC32)C1. The van der Waals surface area contributed by atoms with Gasteiger partial charge >= 0.3 is 5.97 Å². The summed E-state index contributed by atoms with van der Waals surface area (Å²) >= 11 is 0. The number of carbonyl (C=O) groups is 2. The van der Waals surface area contributed by atoms with Crippen molar-refractivity contribution in [3.63, 3.8) is 0 Å². The number of allylic oxidation sites excluding steroid dienone is 1.